The lowest BCUT2D eigenvalue weighted by molar-refractivity contribution is 0.411. The quantitative estimate of drug-likeness (QED) is 0.457. The van der Waals surface area contributed by atoms with Crippen molar-refractivity contribution < 1.29 is 9.13 Å². The number of nitriles is 1. The Kier molecular flexibility index (Phi) is 6.02. The van der Waals surface area contributed by atoms with Crippen LogP contribution in [-0.2, 0) is 0 Å². The molecule has 8 nitrogen and oxygen atoms in total. The predicted molar refractivity (Wildman–Crippen MR) is 108 cm³/mol. The van der Waals surface area contributed by atoms with Crippen LogP contribution in [0.3, 0.4) is 0 Å². The van der Waals surface area contributed by atoms with Gasteiger partial charge in [0.25, 0.3) is 0 Å². The van der Waals surface area contributed by atoms with Crippen LogP contribution in [-0.4, -0.2) is 54.3 Å². The molecule has 0 atom stereocenters. The van der Waals surface area contributed by atoms with Crippen LogP contribution in [0.4, 0.5) is 10.1 Å². The molecule has 9 heteroatoms. The van der Waals surface area contributed by atoms with E-state index in [1.54, 1.807) is 13.1 Å². The number of nitrogens with zero attached hydrogens (tertiary/aromatic N) is 5. The highest BCUT2D eigenvalue weighted by atomic mass is 19.1. The largest absolute Gasteiger partial charge is 0.494 e. The number of aromatic nitrogens is 2. The maximum Gasteiger partial charge on any atom is 0.212 e. The van der Waals surface area contributed by atoms with E-state index in [4.69, 9.17) is 15.6 Å². The summed E-state index contributed by atoms with van der Waals surface area (Å²) in [6.45, 7) is 1.23. The molecular formula is C20H22FN7O. The fraction of sp³-hybridized carbons (Fsp3) is 0.350. The topological polar surface area (TPSA) is 113 Å². The van der Waals surface area contributed by atoms with Crippen LogP contribution in [0.1, 0.15) is 18.4 Å². The van der Waals surface area contributed by atoms with E-state index in [9.17, 15) is 9.65 Å². The highest BCUT2D eigenvalue weighted by Crippen LogP contribution is 2.38. The fourth-order valence-electron chi connectivity index (χ4n) is 3.52. The molecule has 2 aromatic heterocycles. The number of rotatable bonds is 5. The van der Waals surface area contributed by atoms with Crippen molar-refractivity contribution in [3.63, 3.8) is 0 Å². The number of hydrogen-bond donors (Lipinski definition) is 2. The van der Waals surface area contributed by atoms with Crippen LogP contribution in [0, 0.1) is 34.0 Å². The number of ether oxygens (including phenoxy) is 1. The number of halogens is 1. The lowest BCUT2D eigenvalue weighted by atomic mass is 9.93. The lowest BCUT2D eigenvalue weighted by Gasteiger charge is -2.36. The van der Waals surface area contributed by atoms with E-state index in [0.717, 1.165) is 6.34 Å². The number of hydrogen-bond acceptors (Lipinski definition) is 7. The predicted octanol–water partition coefficient (Wildman–Crippen LogP) is 2.90. The van der Waals surface area contributed by atoms with Gasteiger partial charge in [-0.15, -0.1) is 0 Å². The summed E-state index contributed by atoms with van der Waals surface area (Å²) in [4.78, 5) is 11.7. The minimum absolute atomic E-state index is 0.0397. The van der Waals surface area contributed by atoms with Gasteiger partial charge < -0.3 is 14.5 Å². The van der Waals surface area contributed by atoms with Crippen LogP contribution in [0.2, 0.25) is 0 Å². The average molecular weight is 395 g/mol. The molecule has 2 aromatic rings. The Morgan fingerprint density at radius 3 is 2.62 bits per heavy atom. The molecule has 29 heavy (non-hydrogen) atoms. The zero-order valence-electron chi connectivity index (χ0n) is 16.3. The van der Waals surface area contributed by atoms with Gasteiger partial charge in [0.1, 0.15) is 17.5 Å². The number of methoxy groups -OCH3 is 1. The number of anilines is 1. The van der Waals surface area contributed by atoms with Crippen LogP contribution in [0.25, 0.3) is 11.3 Å². The Bertz CT molecular complexity index is 947. The summed E-state index contributed by atoms with van der Waals surface area (Å²) >= 11 is 0. The van der Waals surface area contributed by atoms with Gasteiger partial charge in [-0.2, -0.15) is 9.65 Å². The van der Waals surface area contributed by atoms with Gasteiger partial charge >= 0.3 is 0 Å². The van der Waals surface area contributed by atoms with E-state index in [1.165, 1.54) is 30.5 Å². The smallest absolute Gasteiger partial charge is 0.212 e. The Hall–Kier alpha value is -3.54. The molecule has 0 unspecified atom stereocenters. The van der Waals surface area contributed by atoms with Crippen molar-refractivity contribution in [2.75, 3.05) is 32.1 Å². The van der Waals surface area contributed by atoms with Crippen molar-refractivity contribution in [2.45, 2.75) is 12.8 Å². The van der Waals surface area contributed by atoms with Crippen LogP contribution < -0.4 is 9.64 Å². The minimum atomic E-state index is -0.584. The van der Waals surface area contributed by atoms with E-state index < -0.39 is 5.95 Å². The van der Waals surface area contributed by atoms with Gasteiger partial charge in [-0.05, 0) is 25.0 Å². The first kappa shape index (κ1) is 20.2. The summed E-state index contributed by atoms with van der Waals surface area (Å²) in [5.74, 6) is 0.239. The Balaban J connectivity index is 1.97. The molecule has 3 rings (SSSR count). The number of amidine groups is 1. The third-order valence-corrected chi connectivity index (χ3v) is 5.12. The molecule has 0 radical (unpaired) electrons. The Morgan fingerprint density at radius 1 is 1.34 bits per heavy atom. The van der Waals surface area contributed by atoms with Crippen LogP contribution in [0.15, 0.2) is 24.5 Å². The maximum atomic E-state index is 13.3. The van der Waals surface area contributed by atoms with Crippen molar-refractivity contribution in [1.29, 1.82) is 16.1 Å². The van der Waals surface area contributed by atoms with Gasteiger partial charge in [0.15, 0.2) is 5.75 Å². The van der Waals surface area contributed by atoms with Crippen molar-refractivity contribution >= 4 is 17.9 Å². The molecule has 1 saturated heterocycles. The molecule has 150 valence electrons. The highest BCUT2D eigenvalue weighted by molar-refractivity contribution is 5.90. The zero-order chi connectivity index (χ0) is 21.0. The molecule has 1 aliphatic rings. The number of piperidine rings is 1. The van der Waals surface area contributed by atoms with E-state index in [2.05, 4.69) is 20.9 Å². The first-order valence-electron chi connectivity index (χ1n) is 9.16. The molecule has 1 fully saturated rings. The van der Waals surface area contributed by atoms with Crippen molar-refractivity contribution in [1.82, 2.24) is 14.9 Å². The summed E-state index contributed by atoms with van der Waals surface area (Å²) in [7, 11) is 3.18. The van der Waals surface area contributed by atoms with Crippen molar-refractivity contribution in [2.24, 2.45) is 5.92 Å². The Labute approximate surface area is 168 Å². The monoisotopic (exact) mass is 395 g/mol. The summed E-state index contributed by atoms with van der Waals surface area (Å²) < 4.78 is 18.6. The normalized spacial score (nSPS) is 14.2. The van der Waals surface area contributed by atoms with E-state index in [1.807, 2.05) is 0 Å². The molecule has 0 saturated carbocycles. The first-order chi connectivity index (χ1) is 14.0. The second-order valence-corrected chi connectivity index (χ2v) is 6.77. The van der Waals surface area contributed by atoms with Gasteiger partial charge in [0.05, 0.1) is 31.0 Å². The number of nitrogens with one attached hydrogen (secondary N) is 2. The standard InChI is InChI=1S/C20H22FN7O/c1-27(12-23)20(24)13-5-7-28(8-6-13)19-15(9-22)16(29-2)11-26-18(19)14-3-4-17(21)25-10-14/h3-4,10-13,23-24H,5-8H2,1-2H3. The second-order valence-electron chi connectivity index (χ2n) is 6.77. The summed E-state index contributed by atoms with van der Waals surface area (Å²) in [6.07, 6.45) is 5.44. The van der Waals surface area contributed by atoms with Crippen LogP contribution in [0.5, 0.6) is 5.75 Å². The van der Waals surface area contributed by atoms with Gasteiger partial charge in [-0.1, -0.05) is 0 Å². The molecule has 3 heterocycles. The molecule has 2 N–H and O–H groups in total. The maximum absolute atomic E-state index is 13.3. The van der Waals surface area contributed by atoms with Gasteiger partial charge in [0.2, 0.25) is 5.95 Å². The molecular weight excluding hydrogens is 373 g/mol. The van der Waals surface area contributed by atoms with Gasteiger partial charge in [0, 0.05) is 37.8 Å². The van der Waals surface area contributed by atoms with Gasteiger partial charge in [-0.3, -0.25) is 15.8 Å². The average Bonchev–Trinajstić information content (AvgIpc) is 2.77. The van der Waals surface area contributed by atoms with E-state index in [-0.39, 0.29) is 5.92 Å². The highest BCUT2D eigenvalue weighted by Gasteiger charge is 2.29. The van der Waals surface area contributed by atoms with Crippen LogP contribution >= 0.6 is 0 Å². The summed E-state index contributed by atoms with van der Waals surface area (Å²) in [5.41, 5.74) is 2.15. The Morgan fingerprint density at radius 2 is 2.07 bits per heavy atom. The van der Waals surface area contributed by atoms with Crippen molar-refractivity contribution in [3.05, 3.63) is 36.0 Å². The summed E-state index contributed by atoms with van der Waals surface area (Å²) in [6, 6.07) is 5.06. The lowest BCUT2D eigenvalue weighted by Crippen LogP contribution is -2.41. The van der Waals surface area contributed by atoms with Crippen molar-refractivity contribution in [3.8, 4) is 23.1 Å². The molecule has 0 spiro atoms. The molecule has 0 amide bonds. The SMILES string of the molecule is COc1cnc(-c2ccc(F)nc2)c(N2CCC(C(=N)N(C)C=N)CC2)c1C#N. The number of pyridine rings is 2. The molecule has 0 aromatic carbocycles. The molecule has 0 bridgehead atoms. The van der Waals surface area contributed by atoms with Gasteiger partial charge in [-0.25, -0.2) is 4.98 Å². The van der Waals surface area contributed by atoms with E-state index >= 15 is 0 Å². The molecule has 0 aliphatic carbocycles. The molecule has 1 aliphatic heterocycles. The summed E-state index contributed by atoms with van der Waals surface area (Å²) in [5, 5.41) is 25.3. The third kappa shape index (κ3) is 4.01. The second kappa shape index (κ2) is 8.65. The minimum Gasteiger partial charge on any atom is -0.494 e. The first-order valence-corrected chi connectivity index (χ1v) is 9.16. The third-order valence-electron chi connectivity index (χ3n) is 5.12. The van der Waals surface area contributed by atoms with E-state index in [0.29, 0.717) is 60.0 Å². The zero-order valence-corrected chi connectivity index (χ0v) is 16.3. The fourth-order valence-corrected chi connectivity index (χ4v) is 3.52.